The lowest BCUT2D eigenvalue weighted by Gasteiger charge is -1.87. The number of nitrogens with zero attached hydrogens (tertiary/aromatic N) is 3. The van der Waals surface area contributed by atoms with Crippen LogP contribution in [0.2, 0.25) is 0 Å². The molecule has 0 saturated carbocycles. The van der Waals surface area contributed by atoms with E-state index in [1.54, 1.807) is 19.2 Å². The Balaban J connectivity index is 0.000000354. The first-order valence-corrected chi connectivity index (χ1v) is 3.94. The fourth-order valence-electron chi connectivity index (χ4n) is 0.518. The van der Waals surface area contributed by atoms with Crippen LogP contribution in [0, 0.1) is 18.3 Å². The molecule has 0 amide bonds. The van der Waals surface area contributed by atoms with E-state index in [2.05, 4.69) is 23.8 Å². The minimum atomic E-state index is 0.419. The molecule has 64 valence electrons. The molecule has 1 aromatic heterocycles. The van der Waals surface area contributed by atoms with E-state index in [0.717, 1.165) is 0 Å². The van der Waals surface area contributed by atoms with Gasteiger partial charge in [0.2, 0.25) is 0 Å². The Labute approximate surface area is 73.1 Å². The summed E-state index contributed by atoms with van der Waals surface area (Å²) in [6.07, 6.45) is 2.82. The van der Waals surface area contributed by atoms with Gasteiger partial charge >= 0.3 is 0 Å². The second-order valence-electron chi connectivity index (χ2n) is 2.31. The van der Waals surface area contributed by atoms with Gasteiger partial charge in [-0.2, -0.15) is 5.26 Å². The monoisotopic (exact) mass is 163 g/mol. The predicted octanol–water partition coefficient (Wildman–Crippen LogP) is 2.07. The SMILES string of the molecule is CCC.Cc1nccc(C#N)n1. The average molecular weight is 163 g/mol. The van der Waals surface area contributed by atoms with Crippen molar-refractivity contribution >= 4 is 0 Å². The van der Waals surface area contributed by atoms with Crippen LogP contribution in [0.1, 0.15) is 31.8 Å². The third kappa shape index (κ3) is 4.40. The Morgan fingerprint density at radius 1 is 1.50 bits per heavy atom. The molecular formula is C9H13N3. The van der Waals surface area contributed by atoms with Crippen LogP contribution in [-0.2, 0) is 0 Å². The third-order valence-electron chi connectivity index (χ3n) is 0.891. The second-order valence-corrected chi connectivity index (χ2v) is 2.31. The first-order chi connectivity index (χ1) is 5.74. The van der Waals surface area contributed by atoms with Crippen LogP contribution in [-0.4, -0.2) is 9.97 Å². The van der Waals surface area contributed by atoms with E-state index >= 15 is 0 Å². The molecule has 1 rings (SSSR count). The van der Waals surface area contributed by atoms with Gasteiger partial charge in [0.25, 0.3) is 0 Å². The maximum Gasteiger partial charge on any atom is 0.144 e. The number of rotatable bonds is 0. The van der Waals surface area contributed by atoms with Crippen LogP contribution < -0.4 is 0 Å². The first-order valence-electron chi connectivity index (χ1n) is 3.94. The molecule has 0 atom stereocenters. The molecule has 12 heavy (non-hydrogen) atoms. The molecule has 3 nitrogen and oxygen atoms in total. The fourth-order valence-corrected chi connectivity index (χ4v) is 0.518. The van der Waals surface area contributed by atoms with Crippen molar-refractivity contribution in [2.45, 2.75) is 27.2 Å². The van der Waals surface area contributed by atoms with E-state index in [1.807, 2.05) is 6.07 Å². The summed E-state index contributed by atoms with van der Waals surface area (Å²) in [5, 5.41) is 8.32. The molecular weight excluding hydrogens is 150 g/mol. The van der Waals surface area contributed by atoms with Crippen molar-refractivity contribution in [1.29, 1.82) is 5.26 Å². The molecule has 0 N–H and O–H groups in total. The van der Waals surface area contributed by atoms with Gasteiger partial charge in [0.05, 0.1) is 0 Å². The van der Waals surface area contributed by atoms with Gasteiger partial charge in [-0.1, -0.05) is 20.3 Å². The molecule has 0 aliphatic heterocycles. The zero-order chi connectivity index (χ0) is 9.40. The van der Waals surface area contributed by atoms with Crippen molar-refractivity contribution in [1.82, 2.24) is 9.97 Å². The van der Waals surface area contributed by atoms with Gasteiger partial charge in [0, 0.05) is 6.20 Å². The number of aromatic nitrogens is 2. The predicted molar refractivity (Wildman–Crippen MR) is 47.4 cm³/mol. The third-order valence-corrected chi connectivity index (χ3v) is 0.891. The first kappa shape index (κ1) is 10.6. The molecule has 0 fully saturated rings. The summed E-state index contributed by atoms with van der Waals surface area (Å²) in [5.41, 5.74) is 0.419. The maximum absolute atomic E-state index is 8.32. The molecule has 0 radical (unpaired) electrons. The van der Waals surface area contributed by atoms with E-state index in [4.69, 9.17) is 5.26 Å². The summed E-state index contributed by atoms with van der Waals surface area (Å²) >= 11 is 0. The number of aryl methyl sites for hydroxylation is 1. The molecule has 1 aromatic rings. The van der Waals surface area contributed by atoms with Gasteiger partial charge in [0.15, 0.2) is 0 Å². The average Bonchev–Trinajstić information content (AvgIpc) is 2.06. The quantitative estimate of drug-likeness (QED) is 0.588. The molecule has 0 spiro atoms. The summed E-state index contributed by atoms with van der Waals surface area (Å²) in [6, 6.07) is 3.49. The highest BCUT2D eigenvalue weighted by Gasteiger charge is 1.88. The largest absolute Gasteiger partial charge is 0.242 e. The maximum atomic E-state index is 8.32. The number of hydrogen-bond donors (Lipinski definition) is 0. The highest BCUT2D eigenvalue weighted by atomic mass is 14.9. The molecule has 1 heterocycles. The Morgan fingerprint density at radius 3 is 2.42 bits per heavy atom. The van der Waals surface area contributed by atoms with Crippen LogP contribution >= 0.6 is 0 Å². The summed E-state index contributed by atoms with van der Waals surface area (Å²) < 4.78 is 0. The van der Waals surface area contributed by atoms with Crippen molar-refractivity contribution in [3.63, 3.8) is 0 Å². The zero-order valence-corrected chi connectivity index (χ0v) is 7.70. The molecule has 3 heteroatoms. The Hall–Kier alpha value is -1.43. The Morgan fingerprint density at radius 2 is 2.08 bits per heavy atom. The molecule has 0 saturated heterocycles. The highest BCUT2D eigenvalue weighted by Crippen LogP contribution is 1.89. The standard InChI is InChI=1S/C6H5N3.C3H8/c1-5-8-3-2-6(4-7)9-5;1-3-2/h2-3H,1H3;3H2,1-2H3. The van der Waals surface area contributed by atoms with E-state index in [0.29, 0.717) is 11.5 Å². The van der Waals surface area contributed by atoms with Crippen molar-refractivity contribution in [3.05, 3.63) is 23.8 Å². The number of hydrogen-bond acceptors (Lipinski definition) is 3. The molecule has 0 unspecified atom stereocenters. The van der Waals surface area contributed by atoms with Gasteiger partial charge in [-0.3, -0.25) is 0 Å². The summed E-state index contributed by atoms with van der Waals surface area (Å²) in [5.74, 6) is 0.633. The second kappa shape index (κ2) is 6.29. The molecule has 0 aliphatic carbocycles. The molecule has 0 bridgehead atoms. The molecule has 0 aliphatic rings. The van der Waals surface area contributed by atoms with Crippen molar-refractivity contribution in [3.8, 4) is 6.07 Å². The smallest absolute Gasteiger partial charge is 0.144 e. The van der Waals surface area contributed by atoms with Crippen LogP contribution in [0.15, 0.2) is 12.3 Å². The summed E-state index contributed by atoms with van der Waals surface area (Å²) in [4.78, 5) is 7.64. The van der Waals surface area contributed by atoms with Gasteiger partial charge in [-0.25, -0.2) is 9.97 Å². The van der Waals surface area contributed by atoms with E-state index in [9.17, 15) is 0 Å². The van der Waals surface area contributed by atoms with Gasteiger partial charge in [-0.05, 0) is 13.0 Å². The highest BCUT2D eigenvalue weighted by molar-refractivity contribution is 5.17. The normalized spacial score (nSPS) is 7.83. The van der Waals surface area contributed by atoms with Crippen LogP contribution in [0.5, 0.6) is 0 Å². The Bertz CT molecular complexity index is 263. The topological polar surface area (TPSA) is 49.6 Å². The van der Waals surface area contributed by atoms with Gasteiger partial charge < -0.3 is 0 Å². The van der Waals surface area contributed by atoms with E-state index < -0.39 is 0 Å². The summed E-state index contributed by atoms with van der Waals surface area (Å²) in [6.45, 7) is 6.00. The van der Waals surface area contributed by atoms with Crippen LogP contribution in [0.25, 0.3) is 0 Å². The summed E-state index contributed by atoms with van der Waals surface area (Å²) in [7, 11) is 0. The lowest BCUT2D eigenvalue weighted by molar-refractivity contribution is 1.04. The van der Waals surface area contributed by atoms with Crippen molar-refractivity contribution in [2.24, 2.45) is 0 Å². The van der Waals surface area contributed by atoms with Gasteiger partial charge in [0.1, 0.15) is 17.6 Å². The minimum Gasteiger partial charge on any atom is -0.242 e. The van der Waals surface area contributed by atoms with E-state index in [1.165, 1.54) is 6.42 Å². The van der Waals surface area contributed by atoms with Crippen molar-refractivity contribution in [2.75, 3.05) is 0 Å². The lowest BCUT2D eigenvalue weighted by atomic mass is 10.4. The van der Waals surface area contributed by atoms with E-state index in [-0.39, 0.29) is 0 Å². The van der Waals surface area contributed by atoms with Crippen molar-refractivity contribution < 1.29 is 0 Å². The molecule has 0 aromatic carbocycles. The lowest BCUT2D eigenvalue weighted by Crippen LogP contribution is -1.87. The number of nitriles is 1. The zero-order valence-electron chi connectivity index (χ0n) is 7.70. The van der Waals surface area contributed by atoms with Crippen LogP contribution in [0.4, 0.5) is 0 Å². The van der Waals surface area contributed by atoms with Gasteiger partial charge in [-0.15, -0.1) is 0 Å². The fraction of sp³-hybridized carbons (Fsp3) is 0.444. The van der Waals surface area contributed by atoms with Crippen LogP contribution in [0.3, 0.4) is 0 Å². The Kier molecular flexibility index (Phi) is 5.54. The minimum absolute atomic E-state index is 0.419.